The average Bonchev–Trinajstić information content (AvgIpc) is 3.65. The fourth-order valence-electron chi connectivity index (χ4n) is 4.76. The maximum Gasteiger partial charge on any atom is 0.407 e. The normalized spacial score (nSPS) is 16.6. The molecule has 1 saturated heterocycles. The second kappa shape index (κ2) is 8.97. The van der Waals surface area contributed by atoms with E-state index in [-0.39, 0.29) is 17.4 Å². The van der Waals surface area contributed by atoms with Crippen LogP contribution < -0.4 is 10.9 Å². The minimum atomic E-state index is -0.874. The van der Waals surface area contributed by atoms with Gasteiger partial charge >= 0.3 is 6.09 Å². The van der Waals surface area contributed by atoms with Gasteiger partial charge < -0.3 is 19.9 Å². The van der Waals surface area contributed by atoms with Crippen molar-refractivity contribution in [3.8, 4) is 11.1 Å². The third-order valence-electron chi connectivity index (χ3n) is 7.04. The lowest BCUT2D eigenvalue weighted by atomic mass is 9.95. The van der Waals surface area contributed by atoms with Crippen molar-refractivity contribution >= 4 is 22.8 Å². The number of hydrogen-bond donors (Lipinski definition) is 2. The Morgan fingerprint density at radius 3 is 2.50 bits per heavy atom. The van der Waals surface area contributed by atoms with Gasteiger partial charge in [0.2, 0.25) is 0 Å². The Kier molecular flexibility index (Phi) is 5.86. The lowest BCUT2D eigenvalue weighted by Gasteiger charge is -2.30. The monoisotopic (exact) mass is 459 g/mol. The number of amides is 2. The minimum Gasteiger partial charge on any atom is -0.465 e. The van der Waals surface area contributed by atoms with Gasteiger partial charge in [-0.25, -0.2) is 4.79 Å². The van der Waals surface area contributed by atoms with Gasteiger partial charge in [-0.15, -0.1) is 0 Å². The van der Waals surface area contributed by atoms with Crippen molar-refractivity contribution in [3.63, 3.8) is 0 Å². The van der Waals surface area contributed by atoms with E-state index in [4.69, 9.17) is 5.11 Å². The summed E-state index contributed by atoms with van der Waals surface area (Å²) in [5.41, 5.74) is 3.66. The molecule has 0 radical (unpaired) electrons. The lowest BCUT2D eigenvalue weighted by Crippen LogP contribution is -2.39. The molecule has 0 unspecified atom stereocenters. The van der Waals surface area contributed by atoms with Crippen molar-refractivity contribution in [2.45, 2.75) is 45.2 Å². The third-order valence-corrected chi connectivity index (χ3v) is 7.04. The number of hydrogen-bond acceptors (Lipinski definition) is 3. The Hall–Kier alpha value is -3.61. The van der Waals surface area contributed by atoms with E-state index in [1.165, 1.54) is 4.90 Å². The van der Waals surface area contributed by atoms with Crippen LogP contribution in [0, 0.1) is 12.8 Å². The van der Waals surface area contributed by atoms with Crippen LogP contribution in [0.15, 0.2) is 53.5 Å². The van der Waals surface area contributed by atoms with Crippen molar-refractivity contribution in [2.24, 2.45) is 5.92 Å². The molecule has 176 valence electrons. The first-order valence-corrected chi connectivity index (χ1v) is 11.9. The number of pyridine rings is 1. The molecule has 2 fully saturated rings. The fraction of sp³-hybridized carbons (Fsp3) is 0.370. The summed E-state index contributed by atoms with van der Waals surface area (Å²) in [7, 11) is 0. The van der Waals surface area contributed by atoms with Gasteiger partial charge in [-0.3, -0.25) is 9.59 Å². The molecule has 2 aliphatic rings. The maximum atomic E-state index is 13.1. The number of rotatable bonds is 5. The number of likely N-dealkylation sites (tertiary alicyclic amines) is 1. The van der Waals surface area contributed by atoms with Crippen molar-refractivity contribution in [2.75, 3.05) is 13.1 Å². The molecule has 2 amide bonds. The molecule has 3 aromatic rings. The van der Waals surface area contributed by atoms with Crippen LogP contribution in [0.25, 0.3) is 21.9 Å². The van der Waals surface area contributed by atoms with E-state index in [9.17, 15) is 14.4 Å². The molecule has 2 N–H and O–H groups in total. The van der Waals surface area contributed by atoms with Gasteiger partial charge in [-0.05, 0) is 90.9 Å². The Bertz CT molecular complexity index is 1320. The fourth-order valence-corrected chi connectivity index (χ4v) is 4.76. The average molecular weight is 460 g/mol. The molecule has 5 rings (SSSR count). The largest absolute Gasteiger partial charge is 0.465 e. The summed E-state index contributed by atoms with van der Waals surface area (Å²) >= 11 is 0. The highest BCUT2D eigenvalue weighted by atomic mass is 16.4. The van der Waals surface area contributed by atoms with Gasteiger partial charge in [0.1, 0.15) is 0 Å². The first-order valence-electron chi connectivity index (χ1n) is 11.9. The molecular formula is C27H29N3O4. The van der Waals surface area contributed by atoms with Crippen LogP contribution in [-0.2, 0) is 6.54 Å². The molecule has 0 atom stereocenters. The highest BCUT2D eigenvalue weighted by molar-refractivity contribution is 5.96. The first kappa shape index (κ1) is 22.2. The highest BCUT2D eigenvalue weighted by Crippen LogP contribution is 2.28. The van der Waals surface area contributed by atoms with E-state index in [0.29, 0.717) is 36.6 Å². The zero-order valence-corrected chi connectivity index (χ0v) is 19.3. The molecule has 7 nitrogen and oxygen atoms in total. The smallest absolute Gasteiger partial charge is 0.407 e. The van der Waals surface area contributed by atoms with Gasteiger partial charge in [0.05, 0.1) is 0 Å². The topological polar surface area (TPSA) is 91.6 Å². The summed E-state index contributed by atoms with van der Waals surface area (Å²) in [6.45, 7) is 3.66. The van der Waals surface area contributed by atoms with Crippen LogP contribution in [0.3, 0.4) is 0 Å². The number of aryl methyl sites for hydroxylation is 1. The van der Waals surface area contributed by atoms with Crippen molar-refractivity contribution in [3.05, 3.63) is 70.1 Å². The summed E-state index contributed by atoms with van der Waals surface area (Å²) < 4.78 is 1.75. The summed E-state index contributed by atoms with van der Waals surface area (Å²) in [6.07, 6.45) is 4.59. The minimum absolute atomic E-state index is 0.0287. The van der Waals surface area contributed by atoms with Crippen LogP contribution in [0.1, 0.15) is 41.6 Å². The predicted octanol–water partition coefficient (Wildman–Crippen LogP) is 4.26. The Labute approximate surface area is 198 Å². The summed E-state index contributed by atoms with van der Waals surface area (Å²) in [5.74, 6) is 0.249. The SMILES string of the molecule is Cc1ccc(C(=O)NC2CC2)cc1-c1ccc2c(=O)n(CC3CCN(C(=O)O)CC3)ccc2c1. The molecule has 1 aromatic heterocycles. The molecule has 0 spiro atoms. The maximum absolute atomic E-state index is 13.1. The van der Waals surface area contributed by atoms with Gasteiger partial charge in [0.25, 0.3) is 11.5 Å². The molecule has 1 aliphatic heterocycles. The molecule has 2 heterocycles. The second-order valence-corrected chi connectivity index (χ2v) is 9.57. The molecule has 34 heavy (non-hydrogen) atoms. The van der Waals surface area contributed by atoms with Crippen LogP contribution in [0.4, 0.5) is 4.79 Å². The van der Waals surface area contributed by atoms with Crippen LogP contribution >= 0.6 is 0 Å². The van der Waals surface area contributed by atoms with Crippen molar-refractivity contribution in [1.82, 2.24) is 14.8 Å². The number of piperidine rings is 1. The lowest BCUT2D eigenvalue weighted by molar-refractivity contribution is 0.0951. The van der Waals surface area contributed by atoms with Crippen LogP contribution in [0.2, 0.25) is 0 Å². The number of nitrogens with zero attached hydrogens (tertiary/aromatic N) is 2. The van der Waals surface area contributed by atoms with Crippen molar-refractivity contribution < 1.29 is 14.7 Å². The van der Waals surface area contributed by atoms with E-state index >= 15 is 0 Å². The molecular weight excluding hydrogens is 430 g/mol. The van der Waals surface area contributed by atoms with E-state index in [0.717, 1.165) is 47.8 Å². The van der Waals surface area contributed by atoms with Gasteiger partial charge in [-0.2, -0.15) is 0 Å². The second-order valence-electron chi connectivity index (χ2n) is 9.57. The number of carboxylic acid groups (broad SMARTS) is 1. The molecule has 7 heteroatoms. The van der Waals surface area contributed by atoms with E-state index in [1.807, 2.05) is 55.6 Å². The van der Waals surface area contributed by atoms with E-state index < -0.39 is 6.09 Å². The zero-order valence-electron chi connectivity index (χ0n) is 19.3. The number of fused-ring (bicyclic) bond motifs is 1. The molecule has 0 bridgehead atoms. The summed E-state index contributed by atoms with van der Waals surface area (Å²) in [4.78, 5) is 38.2. The summed E-state index contributed by atoms with van der Waals surface area (Å²) in [6, 6.07) is 13.9. The Morgan fingerprint density at radius 2 is 1.79 bits per heavy atom. The van der Waals surface area contributed by atoms with Gasteiger partial charge in [0.15, 0.2) is 0 Å². The molecule has 2 aromatic carbocycles. The number of carbonyl (C=O) groups is 2. The Morgan fingerprint density at radius 1 is 1.03 bits per heavy atom. The third kappa shape index (κ3) is 4.55. The van der Waals surface area contributed by atoms with Crippen molar-refractivity contribution in [1.29, 1.82) is 0 Å². The predicted molar refractivity (Wildman–Crippen MR) is 131 cm³/mol. The zero-order chi connectivity index (χ0) is 23.8. The molecule has 1 aliphatic carbocycles. The number of carbonyl (C=O) groups excluding carboxylic acids is 1. The number of aromatic nitrogens is 1. The first-order chi connectivity index (χ1) is 16.4. The van der Waals surface area contributed by atoms with Crippen LogP contribution in [-0.4, -0.2) is 45.7 Å². The van der Waals surface area contributed by atoms with Gasteiger partial charge in [-0.1, -0.05) is 12.1 Å². The standard InChI is InChI=1S/C27H29N3O4/c1-17-2-3-21(25(31)28-22-5-6-22)15-24(17)19-4-7-23-20(14-19)10-13-30(26(23)32)16-18-8-11-29(12-9-18)27(33)34/h2-4,7,10,13-15,18,22H,5-6,8-9,11-12,16H2,1H3,(H,28,31)(H,33,34). The van der Waals surface area contributed by atoms with E-state index in [2.05, 4.69) is 5.32 Å². The Balaban J connectivity index is 1.38. The van der Waals surface area contributed by atoms with Crippen LogP contribution in [0.5, 0.6) is 0 Å². The molecule has 1 saturated carbocycles. The highest BCUT2D eigenvalue weighted by Gasteiger charge is 2.24. The quantitative estimate of drug-likeness (QED) is 0.596. The summed E-state index contributed by atoms with van der Waals surface area (Å²) in [5, 5.41) is 13.7. The number of nitrogens with one attached hydrogen (secondary N) is 1. The van der Waals surface area contributed by atoms with Gasteiger partial charge in [0, 0.05) is 42.8 Å². The number of benzene rings is 2. The van der Waals surface area contributed by atoms with E-state index in [1.54, 1.807) is 4.57 Å².